The van der Waals surface area contributed by atoms with E-state index in [1.165, 1.54) is 10.7 Å². The van der Waals surface area contributed by atoms with Gasteiger partial charge in [-0.05, 0) is 5.56 Å². The average Bonchev–Trinajstić information content (AvgIpc) is 2.87. The minimum atomic E-state index is -1.06. The van der Waals surface area contributed by atoms with Crippen molar-refractivity contribution >= 4 is 11.6 Å². The molecule has 0 bridgehead atoms. The van der Waals surface area contributed by atoms with Crippen LogP contribution in [0.5, 0.6) is 0 Å². The number of hydrogen-bond acceptors (Lipinski definition) is 3. The van der Waals surface area contributed by atoms with Crippen LogP contribution in [0.25, 0.3) is 16.8 Å². The van der Waals surface area contributed by atoms with Gasteiger partial charge in [-0.3, -0.25) is 14.7 Å². The van der Waals surface area contributed by atoms with Crippen LogP contribution in [0.4, 0.5) is 0 Å². The average molecular weight is 269 g/mol. The molecule has 0 atom stereocenters. The molecule has 2 aromatic heterocycles. The van der Waals surface area contributed by atoms with Gasteiger partial charge in [0.15, 0.2) is 5.65 Å². The predicted molar refractivity (Wildman–Crippen MR) is 72.6 cm³/mol. The number of rotatable bonds is 3. The molecular weight excluding hydrogens is 258 g/mol. The van der Waals surface area contributed by atoms with Gasteiger partial charge in [-0.1, -0.05) is 30.3 Å². The SMILES string of the molecule is O=C(O)Cc1cnc2c(-c3ccccc3)c[nH]n2c1=O. The van der Waals surface area contributed by atoms with E-state index in [0.717, 1.165) is 11.1 Å². The van der Waals surface area contributed by atoms with Crippen molar-refractivity contribution in [3.8, 4) is 11.1 Å². The van der Waals surface area contributed by atoms with Crippen LogP contribution in [0.3, 0.4) is 0 Å². The number of nitrogens with one attached hydrogen (secondary N) is 1. The molecule has 2 N–H and O–H groups in total. The van der Waals surface area contributed by atoms with Gasteiger partial charge in [0.25, 0.3) is 5.56 Å². The quantitative estimate of drug-likeness (QED) is 0.750. The second kappa shape index (κ2) is 4.65. The molecule has 0 fully saturated rings. The molecule has 0 unspecified atom stereocenters. The van der Waals surface area contributed by atoms with Crippen molar-refractivity contribution in [2.75, 3.05) is 0 Å². The zero-order chi connectivity index (χ0) is 14.1. The topological polar surface area (TPSA) is 87.5 Å². The number of carboxylic acid groups (broad SMARTS) is 1. The molecule has 0 spiro atoms. The standard InChI is InChI=1S/C14H11N3O3/c18-12(19)6-10-7-15-13-11(8-16-17(13)14(10)20)9-4-2-1-3-5-9/h1-5,7-8,16H,6H2,(H,18,19). The van der Waals surface area contributed by atoms with Gasteiger partial charge in [0, 0.05) is 23.5 Å². The lowest BCUT2D eigenvalue weighted by Crippen LogP contribution is -2.21. The normalized spacial score (nSPS) is 10.8. The summed E-state index contributed by atoms with van der Waals surface area (Å²) < 4.78 is 1.26. The minimum absolute atomic E-state index is 0.150. The molecule has 0 aliphatic heterocycles. The molecule has 0 amide bonds. The van der Waals surface area contributed by atoms with Crippen molar-refractivity contribution in [2.45, 2.75) is 6.42 Å². The van der Waals surface area contributed by atoms with E-state index in [-0.39, 0.29) is 17.5 Å². The molecule has 0 saturated heterocycles. The molecular formula is C14H11N3O3. The van der Waals surface area contributed by atoms with E-state index in [1.54, 1.807) is 6.20 Å². The summed E-state index contributed by atoms with van der Waals surface area (Å²) in [5.74, 6) is -1.06. The number of carbonyl (C=O) groups is 1. The Balaban J connectivity index is 2.18. The summed E-state index contributed by atoms with van der Waals surface area (Å²) in [5.41, 5.74) is 1.97. The van der Waals surface area contributed by atoms with Crippen molar-refractivity contribution < 1.29 is 9.90 Å². The Kier molecular flexibility index (Phi) is 2.83. The lowest BCUT2D eigenvalue weighted by molar-refractivity contribution is -0.136. The fourth-order valence-electron chi connectivity index (χ4n) is 2.11. The van der Waals surface area contributed by atoms with Gasteiger partial charge < -0.3 is 5.11 Å². The van der Waals surface area contributed by atoms with Gasteiger partial charge in [0.1, 0.15) is 0 Å². The number of H-pyrrole nitrogens is 1. The Bertz CT molecular complexity index is 834. The van der Waals surface area contributed by atoms with E-state index >= 15 is 0 Å². The molecule has 0 saturated carbocycles. The van der Waals surface area contributed by atoms with E-state index in [2.05, 4.69) is 10.1 Å². The predicted octanol–water partition coefficient (Wildman–Crippen LogP) is 1.32. The highest BCUT2D eigenvalue weighted by molar-refractivity contribution is 5.77. The third-order valence-electron chi connectivity index (χ3n) is 3.04. The first-order valence-corrected chi connectivity index (χ1v) is 6.02. The summed E-state index contributed by atoms with van der Waals surface area (Å²) in [6.45, 7) is 0. The number of aliphatic carboxylic acids is 1. The molecule has 100 valence electrons. The number of aromatic nitrogens is 3. The van der Waals surface area contributed by atoms with Crippen molar-refractivity contribution in [3.63, 3.8) is 0 Å². The number of aromatic amines is 1. The fraction of sp³-hybridized carbons (Fsp3) is 0.0714. The smallest absolute Gasteiger partial charge is 0.308 e. The van der Waals surface area contributed by atoms with Crippen LogP contribution in [0.1, 0.15) is 5.56 Å². The monoisotopic (exact) mass is 269 g/mol. The van der Waals surface area contributed by atoms with Crippen LogP contribution in [0, 0.1) is 0 Å². The van der Waals surface area contributed by atoms with Crippen molar-refractivity contribution in [2.24, 2.45) is 0 Å². The van der Waals surface area contributed by atoms with Crippen LogP contribution in [-0.2, 0) is 11.2 Å². The summed E-state index contributed by atoms with van der Waals surface area (Å²) in [7, 11) is 0. The largest absolute Gasteiger partial charge is 0.481 e. The summed E-state index contributed by atoms with van der Waals surface area (Å²) >= 11 is 0. The highest BCUT2D eigenvalue weighted by atomic mass is 16.4. The summed E-state index contributed by atoms with van der Waals surface area (Å²) in [4.78, 5) is 27.0. The van der Waals surface area contributed by atoms with E-state index in [9.17, 15) is 9.59 Å². The summed E-state index contributed by atoms with van der Waals surface area (Å²) in [5, 5.41) is 11.6. The maximum Gasteiger partial charge on any atom is 0.308 e. The van der Waals surface area contributed by atoms with Crippen LogP contribution in [-0.4, -0.2) is 25.7 Å². The number of fused-ring (bicyclic) bond motifs is 1. The van der Waals surface area contributed by atoms with Gasteiger partial charge in [0.2, 0.25) is 0 Å². The molecule has 1 aromatic carbocycles. The molecule has 0 aliphatic carbocycles. The molecule has 3 aromatic rings. The van der Waals surface area contributed by atoms with Gasteiger partial charge in [-0.15, -0.1) is 0 Å². The van der Waals surface area contributed by atoms with Crippen molar-refractivity contribution in [1.82, 2.24) is 14.6 Å². The Morgan fingerprint density at radius 1 is 1.30 bits per heavy atom. The number of carboxylic acids is 1. The fourth-order valence-corrected chi connectivity index (χ4v) is 2.11. The first-order chi connectivity index (χ1) is 9.66. The first-order valence-electron chi connectivity index (χ1n) is 6.02. The third kappa shape index (κ3) is 1.97. The minimum Gasteiger partial charge on any atom is -0.481 e. The second-order valence-electron chi connectivity index (χ2n) is 4.37. The third-order valence-corrected chi connectivity index (χ3v) is 3.04. The molecule has 6 nitrogen and oxygen atoms in total. The lowest BCUT2D eigenvalue weighted by atomic mass is 10.1. The maximum absolute atomic E-state index is 12.1. The van der Waals surface area contributed by atoms with Crippen LogP contribution < -0.4 is 5.56 Å². The molecule has 3 rings (SSSR count). The Hall–Kier alpha value is -2.89. The van der Waals surface area contributed by atoms with Gasteiger partial charge >= 0.3 is 5.97 Å². The van der Waals surface area contributed by atoms with Gasteiger partial charge in [0.05, 0.1) is 6.42 Å². The van der Waals surface area contributed by atoms with Crippen LogP contribution in [0.2, 0.25) is 0 Å². The second-order valence-corrected chi connectivity index (χ2v) is 4.37. The molecule has 20 heavy (non-hydrogen) atoms. The van der Waals surface area contributed by atoms with Crippen LogP contribution in [0.15, 0.2) is 47.5 Å². The zero-order valence-corrected chi connectivity index (χ0v) is 10.4. The zero-order valence-electron chi connectivity index (χ0n) is 10.4. The number of nitrogens with zero attached hydrogens (tertiary/aromatic N) is 2. The molecule has 0 radical (unpaired) electrons. The summed E-state index contributed by atoms with van der Waals surface area (Å²) in [6.07, 6.45) is 2.67. The Morgan fingerprint density at radius 3 is 2.75 bits per heavy atom. The van der Waals surface area contributed by atoms with Crippen molar-refractivity contribution in [3.05, 3.63) is 58.6 Å². The Labute approximate surface area is 113 Å². The van der Waals surface area contributed by atoms with E-state index in [4.69, 9.17) is 5.11 Å². The van der Waals surface area contributed by atoms with Crippen molar-refractivity contribution in [1.29, 1.82) is 0 Å². The highest BCUT2D eigenvalue weighted by Crippen LogP contribution is 2.21. The van der Waals surface area contributed by atoms with E-state index < -0.39 is 5.97 Å². The number of hydrogen-bond donors (Lipinski definition) is 2. The van der Waals surface area contributed by atoms with Gasteiger partial charge in [-0.2, -0.15) is 0 Å². The van der Waals surface area contributed by atoms with Gasteiger partial charge in [-0.25, -0.2) is 9.50 Å². The first kappa shape index (κ1) is 12.2. The van der Waals surface area contributed by atoms with E-state index in [0.29, 0.717) is 5.65 Å². The molecule has 0 aliphatic rings. The van der Waals surface area contributed by atoms with Crippen LogP contribution >= 0.6 is 0 Å². The van der Waals surface area contributed by atoms with E-state index in [1.807, 2.05) is 30.3 Å². The molecule has 2 heterocycles. The highest BCUT2D eigenvalue weighted by Gasteiger charge is 2.13. The lowest BCUT2D eigenvalue weighted by Gasteiger charge is -2.00. The molecule has 6 heteroatoms. The maximum atomic E-state index is 12.1. The summed E-state index contributed by atoms with van der Waals surface area (Å²) in [6, 6.07) is 9.54. The Morgan fingerprint density at radius 2 is 2.05 bits per heavy atom. The number of benzene rings is 1.